The highest BCUT2D eigenvalue weighted by Gasteiger charge is 2.32. The summed E-state index contributed by atoms with van der Waals surface area (Å²) < 4.78 is 16.4. The van der Waals surface area contributed by atoms with E-state index < -0.39 is 6.10 Å². The third-order valence-corrected chi connectivity index (χ3v) is 5.10. The molecule has 2 amide bonds. The van der Waals surface area contributed by atoms with E-state index in [1.165, 1.54) is 14.0 Å². The number of ether oxygens (including phenoxy) is 3. The third kappa shape index (κ3) is 4.34. The number of pyridine rings is 1. The van der Waals surface area contributed by atoms with Gasteiger partial charge in [-0.05, 0) is 41.5 Å². The highest BCUT2D eigenvalue weighted by atomic mass is 16.5. The van der Waals surface area contributed by atoms with Gasteiger partial charge in [-0.3, -0.25) is 9.59 Å². The van der Waals surface area contributed by atoms with E-state index in [2.05, 4.69) is 15.6 Å². The van der Waals surface area contributed by atoms with Crippen LogP contribution in [0.15, 0.2) is 54.7 Å². The summed E-state index contributed by atoms with van der Waals surface area (Å²) in [6, 6.07) is 14.5. The van der Waals surface area contributed by atoms with Crippen molar-refractivity contribution < 1.29 is 23.8 Å². The van der Waals surface area contributed by atoms with Crippen LogP contribution in [-0.4, -0.2) is 37.1 Å². The number of carbonyl (C=O) groups excluding carboxylic acids is 2. The van der Waals surface area contributed by atoms with Crippen molar-refractivity contribution in [2.45, 2.75) is 19.4 Å². The largest absolute Gasteiger partial charge is 0.493 e. The SMILES string of the molecule is COc1ccc(NC(=O)C2Cc3c(-c4cccc(NC(C)=O)c4)ccnc3O2)cc1OC. The zero-order valence-corrected chi connectivity index (χ0v) is 18.0. The van der Waals surface area contributed by atoms with Gasteiger partial charge in [0.15, 0.2) is 17.6 Å². The fraction of sp³-hybridized carbons (Fsp3) is 0.208. The van der Waals surface area contributed by atoms with Gasteiger partial charge in [0.05, 0.1) is 14.2 Å². The van der Waals surface area contributed by atoms with E-state index in [4.69, 9.17) is 14.2 Å². The van der Waals surface area contributed by atoms with Crippen molar-refractivity contribution in [3.05, 3.63) is 60.3 Å². The number of anilines is 2. The average Bonchev–Trinajstić information content (AvgIpc) is 3.23. The molecule has 1 atom stereocenters. The van der Waals surface area contributed by atoms with Crippen LogP contribution < -0.4 is 24.8 Å². The summed E-state index contributed by atoms with van der Waals surface area (Å²) in [6.45, 7) is 1.46. The summed E-state index contributed by atoms with van der Waals surface area (Å²) in [5.41, 5.74) is 3.92. The van der Waals surface area contributed by atoms with Gasteiger partial charge in [0.25, 0.3) is 5.91 Å². The Bertz CT molecular complexity index is 1180. The number of carbonyl (C=O) groups is 2. The predicted octanol–water partition coefficient (Wildman–Crippen LogP) is 3.67. The zero-order valence-electron chi connectivity index (χ0n) is 18.0. The summed E-state index contributed by atoms with van der Waals surface area (Å²) in [6.07, 6.45) is 1.31. The normalized spacial score (nSPS) is 14.2. The second-order valence-corrected chi connectivity index (χ2v) is 7.27. The first kappa shape index (κ1) is 21.2. The van der Waals surface area contributed by atoms with Gasteiger partial charge in [-0.1, -0.05) is 12.1 Å². The molecule has 1 aromatic heterocycles. The quantitative estimate of drug-likeness (QED) is 0.616. The Morgan fingerprint density at radius 2 is 1.78 bits per heavy atom. The molecule has 8 heteroatoms. The van der Waals surface area contributed by atoms with E-state index in [0.717, 1.165) is 16.7 Å². The molecule has 3 aromatic rings. The van der Waals surface area contributed by atoms with Crippen molar-refractivity contribution in [1.29, 1.82) is 0 Å². The molecule has 2 heterocycles. The molecule has 0 bridgehead atoms. The number of hydrogen-bond acceptors (Lipinski definition) is 6. The van der Waals surface area contributed by atoms with Crippen LogP contribution in [0.5, 0.6) is 17.4 Å². The molecular formula is C24H23N3O5. The van der Waals surface area contributed by atoms with Gasteiger partial charge in [0.2, 0.25) is 11.8 Å². The smallest absolute Gasteiger partial charge is 0.265 e. The van der Waals surface area contributed by atoms with Gasteiger partial charge < -0.3 is 24.8 Å². The fourth-order valence-electron chi connectivity index (χ4n) is 3.66. The maximum Gasteiger partial charge on any atom is 0.265 e. The Kier molecular flexibility index (Phi) is 5.93. The van der Waals surface area contributed by atoms with Crippen LogP contribution in [0.25, 0.3) is 11.1 Å². The minimum atomic E-state index is -0.717. The second kappa shape index (κ2) is 8.97. The lowest BCUT2D eigenvalue weighted by Gasteiger charge is -2.13. The highest BCUT2D eigenvalue weighted by molar-refractivity contribution is 5.96. The first-order valence-corrected chi connectivity index (χ1v) is 10.0. The van der Waals surface area contributed by atoms with Crippen LogP contribution >= 0.6 is 0 Å². The molecule has 1 aliphatic rings. The van der Waals surface area contributed by atoms with Crippen LogP contribution in [0.1, 0.15) is 12.5 Å². The number of nitrogens with one attached hydrogen (secondary N) is 2. The van der Waals surface area contributed by atoms with Crippen LogP contribution in [0.3, 0.4) is 0 Å². The van der Waals surface area contributed by atoms with Gasteiger partial charge in [-0.25, -0.2) is 4.98 Å². The van der Waals surface area contributed by atoms with Gasteiger partial charge in [0, 0.05) is 42.5 Å². The number of rotatable bonds is 6. The first-order valence-electron chi connectivity index (χ1n) is 10.0. The van der Waals surface area contributed by atoms with Crippen LogP contribution in [0, 0.1) is 0 Å². The Morgan fingerprint density at radius 3 is 2.53 bits per heavy atom. The summed E-state index contributed by atoms with van der Waals surface area (Å²) in [4.78, 5) is 28.6. The molecule has 0 spiro atoms. The van der Waals surface area contributed by atoms with Gasteiger partial charge in [-0.2, -0.15) is 0 Å². The topological polar surface area (TPSA) is 98.8 Å². The molecule has 0 saturated carbocycles. The number of benzene rings is 2. The van der Waals surface area contributed by atoms with Crippen LogP contribution in [0.2, 0.25) is 0 Å². The van der Waals surface area contributed by atoms with Gasteiger partial charge in [-0.15, -0.1) is 0 Å². The van der Waals surface area contributed by atoms with E-state index in [-0.39, 0.29) is 11.8 Å². The Hall–Kier alpha value is -4.07. The summed E-state index contributed by atoms with van der Waals surface area (Å²) in [5, 5.41) is 5.65. The number of amides is 2. The van der Waals surface area contributed by atoms with Crippen molar-refractivity contribution in [2.75, 3.05) is 24.9 Å². The maximum atomic E-state index is 12.9. The lowest BCUT2D eigenvalue weighted by atomic mass is 9.98. The molecule has 8 nitrogen and oxygen atoms in total. The average molecular weight is 433 g/mol. The molecular weight excluding hydrogens is 410 g/mol. The molecule has 32 heavy (non-hydrogen) atoms. The van der Waals surface area contributed by atoms with Crippen molar-refractivity contribution in [3.63, 3.8) is 0 Å². The van der Waals surface area contributed by atoms with Crippen LogP contribution in [0.4, 0.5) is 11.4 Å². The maximum absolute atomic E-state index is 12.9. The molecule has 1 unspecified atom stereocenters. The Balaban J connectivity index is 1.54. The van der Waals surface area contributed by atoms with Crippen molar-refractivity contribution in [2.24, 2.45) is 0 Å². The van der Waals surface area contributed by atoms with E-state index in [1.807, 2.05) is 30.3 Å². The first-order chi connectivity index (χ1) is 15.5. The van der Waals surface area contributed by atoms with E-state index >= 15 is 0 Å². The number of fused-ring (bicyclic) bond motifs is 1. The predicted molar refractivity (Wildman–Crippen MR) is 120 cm³/mol. The molecule has 4 rings (SSSR count). The van der Waals surface area contributed by atoms with Gasteiger partial charge >= 0.3 is 0 Å². The third-order valence-electron chi connectivity index (χ3n) is 5.10. The van der Waals surface area contributed by atoms with E-state index in [9.17, 15) is 9.59 Å². The standard InChI is InChI=1S/C24H23N3O5/c1-14(28)26-16-6-4-5-15(11-16)18-9-10-25-24-19(18)13-22(32-24)23(29)27-17-7-8-20(30-2)21(12-17)31-3/h4-12,22H,13H2,1-3H3,(H,26,28)(H,27,29). The van der Waals surface area contributed by atoms with Crippen molar-refractivity contribution in [1.82, 2.24) is 4.98 Å². The molecule has 0 aliphatic carbocycles. The number of methoxy groups -OCH3 is 2. The zero-order chi connectivity index (χ0) is 22.7. The van der Waals surface area contributed by atoms with Crippen LogP contribution in [-0.2, 0) is 16.0 Å². The number of nitrogens with zero attached hydrogens (tertiary/aromatic N) is 1. The summed E-state index contributed by atoms with van der Waals surface area (Å²) >= 11 is 0. The molecule has 2 N–H and O–H groups in total. The van der Waals surface area contributed by atoms with Crippen molar-refractivity contribution in [3.8, 4) is 28.5 Å². The minimum Gasteiger partial charge on any atom is -0.493 e. The Labute approximate surface area is 185 Å². The van der Waals surface area contributed by atoms with Gasteiger partial charge in [0.1, 0.15) is 0 Å². The molecule has 1 aliphatic heterocycles. The molecule has 0 saturated heterocycles. The number of hydrogen-bond donors (Lipinski definition) is 2. The molecule has 164 valence electrons. The van der Waals surface area contributed by atoms with Crippen molar-refractivity contribution >= 4 is 23.2 Å². The summed E-state index contributed by atoms with van der Waals surface area (Å²) in [5.74, 6) is 1.10. The molecule has 0 radical (unpaired) electrons. The highest BCUT2D eigenvalue weighted by Crippen LogP contribution is 2.36. The monoisotopic (exact) mass is 433 g/mol. The second-order valence-electron chi connectivity index (χ2n) is 7.27. The van der Waals surface area contributed by atoms with E-state index in [1.54, 1.807) is 31.5 Å². The lowest BCUT2D eigenvalue weighted by Crippen LogP contribution is -2.31. The number of aromatic nitrogens is 1. The molecule has 2 aromatic carbocycles. The van der Waals surface area contributed by atoms with E-state index in [0.29, 0.717) is 35.2 Å². The lowest BCUT2D eigenvalue weighted by molar-refractivity contribution is -0.122. The molecule has 0 fully saturated rings. The fourth-order valence-corrected chi connectivity index (χ4v) is 3.66. The minimum absolute atomic E-state index is 0.141. The summed E-state index contributed by atoms with van der Waals surface area (Å²) in [7, 11) is 3.09. The Morgan fingerprint density at radius 1 is 1.00 bits per heavy atom.